The summed E-state index contributed by atoms with van der Waals surface area (Å²) in [4.78, 5) is 12.4. The first-order chi connectivity index (χ1) is 12.2. The second kappa shape index (κ2) is 8.53. The van der Waals surface area contributed by atoms with Crippen molar-refractivity contribution in [3.05, 3.63) is 53.6 Å². The normalized spacial score (nSPS) is 12.7. The molecule has 2 aromatic carbocycles. The number of amides is 1. The van der Waals surface area contributed by atoms with Crippen LogP contribution in [-0.2, 0) is 14.8 Å². The number of hydrogen-bond donors (Lipinski definition) is 2. The van der Waals surface area contributed by atoms with Crippen LogP contribution in [0, 0.1) is 0 Å². The molecule has 26 heavy (non-hydrogen) atoms. The molecule has 140 valence electrons. The van der Waals surface area contributed by atoms with E-state index in [1.165, 1.54) is 24.3 Å². The van der Waals surface area contributed by atoms with Crippen LogP contribution in [0.25, 0.3) is 0 Å². The third kappa shape index (κ3) is 5.72. The van der Waals surface area contributed by atoms with Gasteiger partial charge in [0.2, 0.25) is 10.0 Å². The lowest BCUT2D eigenvalue weighted by atomic mass is 10.3. The zero-order valence-electron chi connectivity index (χ0n) is 14.7. The fourth-order valence-corrected chi connectivity index (χ4v) is 3.49. The van der Waals surface area contributed by atoms with Crippen molar-refractivity contribution in [3.63, 3.8) is 0 Å². The minimum absolute atomic E-state index is 0.134. The largest absolute Gasteiger partial charge is 0.481 e. The standard InChI is InChI=1S/C18H21ClN2O4S/c1-12(2)21-26(23,24)17-10-6-15(7-11-17)20-18(22)13(3)25-16-8-4-14(19)5-9-16/h4-13,21H,1-3H3,(H,20,22)/t13-/m0/s1. The SMILES string of the molecule is CC(C)NS(=O)(=O)c1ccc(NC(=O)[C@H](C)Oc2ccc(Cl)cc2)cc1. The predicted molar refractivity (Wildman–Crippen MR) is 102 cm³/mol. The lowest BCUT2D eigenvalue weighted by Crippen LogP contribution is -2.31. The molecule has 2 rings (SSSR count). The van der Waals surface area contributed by atoms with Crippen molar-refractivity contribution in [2.45, 2.75) is 37.8 Å². The summed E-state index contributed by atoms with van der Waals surface area (Å²) in [6, 6.07) is 12.4. The van der Waals surface area contributed by atoms with Gasteiger partial charge in [0, 0.05) is 16.8 Å². The van der Waals surface area contributed by atoms with E-state index in [9.17, 15) is 13.2 Å². The molecule has 0 aromatic heterocycles. The zero-order chi connectivity index (χ0) is 19.3. The first-order valence-electron chi connectivity index (χ1n) is 8.03. The van der Waals surface area contributed by atoms with E-state index in [0.29, 0.717) is 16.5 Å². The molecule has 6 nitrogen and oxygen atoms in total. The maximum atomic E-state index is 12.2. The average Bonchev–Trinajstić information content (AvgIpc) is 2.56. The van der Waals surface area contributed by atoms with E-state index in [-0.39, 0.29) is 16.8 Å². The van der Waals surface area contributed by atoms with Gasteiger partial charge in [-0.15, -0.1) is 0 Å². The fourth-order valence-electron chi connectivity index (χ4n) is 2.11. The van der Waals surface area contributed by atoms with Crippen LogP contribution < -0.4 is 14.8 Å². The third-order valence-electron chi connectivity index (χ3n) is 3.32. The van der Waals surface area contributed by atoms with Crippen LogP contribution in [0.2, 0.25) is 5.02 Å². The monoisotopic (exact) mass is 396 g/mol. The van der Waals surface area contributed by atoms with E-state index >= 15 is 0 Å². The van der Waals surface area contributed by atoms with Crippen molar-refractivity contribution in [2.75, 3.05) is 5.32 Å². The Hall–Kier alpha value is -2.09. The number of halogens is 1. The van der Waals surface area contributed by atoms with Crippen molar-refractivity contribution < 1.29 is 17.9 Å². The van der Waals surface area contributed by atoms with E-state index in [2.05, 4.69) is 10.0 Å². The van der Waals surface area contributed by atoms with Gasteiger partial charge in [0.1, 0.15) is 5.75 Å². The molecule has 1 amide bonds. The second-order valence-corrected chi connectivity index (χ2v) is 8.15. The maximum Gasteiger partial charge on any atom is 0.265 e. The molecule has 0 saturated carbocycles. The molecule has 0 heterocycles. The Kier molecular flexibility index (Phi) is 6.63. The highest BCUT2D eigenvalue weighted by molar-refractivity contribution is 7.89. The minimum Gasteiger partial charge on any atom is -0.481 e. The minimum atomic E-state index is -3.56. The molecular weight excluding hydrogens is 376 g/mol. The number of ether oxygens (including phenoxy) is 1. The molecular formula is C18H21ClN2O4S. The average molecular weight is 397 g/mol. The Balaban J connectivity index is 1.99. The summed E-state index contributed by atoms with van der Waals surface area (Å²) in [6.45, 7) is 5.11. The highest BCUT2D eigenvalue weighted by Gasteiger charge is 2.17. The summed E-state index contributed by atoms with van der Waals surface area (Å²) < 4.78 is 32.2. The molecule has 0 spiro atoms. The Labute approximate surface area is 158 Å². The molecule has 0 radical (unpaired) electrons. The van der Waals surface area contributed by atoms with Crippen LogP contribution in [0.5, 0.6) is 5.75 Å². The molecule has 0 fully saturated rings. The van der Waals surface area contributed by atoms with Gasteiger partial charge >= 0.3 is 0 Å². The molecule has 2 aromatic rings. The first kappa shape index (κ1) is 20.2. The number of carbonyl (C=O) groups excluding carboxylic acids is 1. The Morgan fingerprint density at radius 2 is 1.58 bits per heavy atom. The molecule has 8 heteroatoms. The van der Waals surface area contributed by atoms with E-state index < -0.39 is 16.1 Å². The highest BCUT2D eigenvalue weighted by atomic mass is 35.5. The molecule has 0 aliphatic heterocycles. The Morgan fingerprint density at radius 1 is 1.00 bits per heavy atom. The smallest absolute Gasteiger partial charge is 0.265 e. The van der Waals surface area contributed by atoms with Gasteiger partial charge in [-0.3, -0.25) is 4.79 Å². The first-order valence-corrected chi connectivity index (χ1v) is 9.89. The van der Waals surface area contributed by atoms with Crippen LogP contribution in [0.15, 0.2) is 53.4 Å². The number of sulfonamides is 1. The van der Waals surface area contributed by atoms with Crippen LogP contribution >= 0.6 is 11.6 Å². The van der Waals surface area contributed by atoms with Crippen LogP contribution in [0.4, 0.5) is 5.69 Å². The van der Waals surface area contributed by atoms with Gasteiger partial charge in [-0.05, 0) is 69.3 Å². The number of nitrogens with one attached hydrogen (secondary N) is 2. The third-order valence-corrected chi connectivity index (χ3v) is 5.25. The van der Waals surface area contributed by atoms with E-state index in [4.69, 9.17) is 16.3 Å². The van der Waals surface area contributed by atoms with Crippen molar-refractivity contribution in [1.29, 1.82) is 0 Å². The van der Waals surface area contributed by atoms with Gasteiger partial charge in [0.25, 0.3) is 5.91 Å². The molecule has 0 bridgehead atoms. The summed E-state index contributed by atoms with van der Waals surface area (Å²) >= 11 is 5.81. The lowest BCUT2D eigenvalue weighted by molar-refractivity contribution is -0.122. The molecule has 1 atom stereocenters. The lowest BCUT2D eigenvalue weighted by Gasteiger charge is -2.15. The fraction of sp³-hybridized carbons (Fsp3) is 0.278. The van der Waals surface area contributed by atoms with Crippen LogP contribution in [-0.4, -0.2) is 26.5 Å². The number of hydrogen-bond acceptors (Lipinski definition) is 4. The maximum absolute atomic E-state index is 12.2. The van der Waals surface area contributed by atoms with Crippen LogP contribution in [0.3, 0.4) is 0 Å². The number of rotatable bonds is 7. The van der Waals surface area contributed by atoms with Gasteiger partial charge < -0.3 is 10.1 Å². The zero-order valence-corrected chi connectivity index (χ0v) is 16.3. The quantitative estimate of drug-likeness (QED) is 0.750. The molecule has 0 aliphatic rings. The van der Waals surface area contributed by atoms with Crippen molar-refractivity contribution >= 4 is 33.2 Å². The number of anilines is 1. The summed E-state index contributed by atoms with van der Waals surface area (Å²) in [5.41, 5.74) is 0.477. The van der Waals surface area contributed by atoms with Crippen molar-refractivity contribution in [2.24, 2.45) is 0 Å². The summed E-state index contributed by atoms with van der Waals surface area (Å²) in [5.74, 6) is 0.175. The van der Waals surface area contributed by atoms with Crippen molar-refractivity contribution in [1.82, 2.24) is 4.72 Å². The van der Waals surface area contributed by atoms with E-state index in [1.807, 2.05) is 0 Å². The van der Waals surface area contributed by atoms with E-state index in [0.717, 1.165) is 0 Å². The second-order valence-electron chi connectivity index (χ2n) is 6.00. The molecule has 2 N–H and O–H groups in total. The van der Waals surface area contributed by atoms with Gasteiger partial charge in [-0.2, -0.15) is 0 Å². The Morgan fingerprint density at radius 3 is 2.12 bits per heavy atom. The molecule has 0 saturated heterocycles. The van der Waals surface area contributed by atoms with Crippen LogP contribution in [0.1, 0.15) is 20.8 Å². The van der Waals surface area contributed by atoms with Gasteiger partial charge in [-0.1, -0.05) is 11.6 Å². The van der Waals surface area contributed by atoms with Crippen molar-refractivity contribution in [3.8, 4) is 5.75 Å². The molecule has 0 unspecified atom stereocenters. The van der Waals surface area contributed by atoms with Gasteiger partial charge in [0.15, 0.2) is 6.10 Å². The van der Waals surface area contributed by atoms with E-state index in [1.54, 1.807) is 45.0 Å². The van der Waals surface area contributed by atoms with Gasteiger partial charge in [0.05, 0.1) is 4.90 Å². The van der Waals surface area contributed by atoms with Gasteiger partial charge in [-0.25, -0.2) is 13.1 Å². The number of benzene rings is 2. The topological polar surface area (TPSA) is 84.5 Å². The summed E-state index contributed by atoms with van der Waals surface area (Å²) in [6.07, 6.45) is -0.734. The Bertz CT molecular complexity index is 850. The number of carbonyl (C=O) groups is 1. The summed E-state index contributed by atoms with van der Waals surface area (Å²) in [7, 11) is -3.56. The summed E-state index contributed by atoms with van der Waals surface area (Å²) in [5, 5.41) is 3.27. The highest BCUT2D eigenvalue weighted by Crippen LogP contribution is 2.18. The molecule has 0 aliphatic carbocycles. The predicted octanol–water partition coefficient (Wildman–Crippen LogP) is 3.43.